The Morgan fingerprint density at radius 3 is 2.62 bits per heavy atom. The second kappa shape index (κ2) is 6.57. The molecule has 0 aliphatic carbocycles. The van der Waals surface area contributed by atoms with E-state index in [4.69, 9.17) is 12.2 Å². The van der Waals surface area contributed by atoms with Gasteiger partial charge in [-0.15, -0.1) is 0 Å². The van der Waals surface area contributed by atoms with Crippen LogP contribution in [-0.4, -0.2) is 26.6 Å². The van der Waals surface area contributed by atoms with Gasteiger partial charge in [0, 0.05) is 30.8 Å². The van der Waals surface area contributed by atoms with Gasteiger partial charge in [0.2, 0.25) is 0 Å². The maximum atomic E-state index is 5.55. The summed E-state index contributed by atoms with van der Waals surface area (Å²) in [5, 5.41) is 4.19. The smallest absolute Gasteiger partial charge is 0.169 e. The van der Waals surface area contributed by atoms with E-state index in [9.17, 15) is 0 Å². The van der Waals surface area contributed by atoms with Crippen LogP contribution < -0.4 is 5.32 Å². The van der Waals surface area contributed by atoms with Crippen LogP contribution in [0.15, 0.2) is 60.9 Å². The number of hydrogen-bond donors (Lipinski definition) is 1. The van der Waals surface area contributed by atoms with Gasteiger partial charge in [-0.2, -0.15) is 0 Å². The molecule has 1 fully saturated rings. The predicted molar refractivity (Wildman–Crippen MR) is 108 cm³/mol. The molecule has 132 valence electrons. The van der Waals surface area contributed by atoms with E-state index < -0.39 is 0 Å². The summed E-state index contributed by atoms with van der Waals surface area (Å²) in [6, 6.07) is 16.9. The number of thiocarbonyl (C=S) groups is 1. The summed E-state index contributed by atoms with van der Waals surface area (Å²) in [5.41, 5.74) is 5.95. The molecule has 3 heterocycles. The number of nitrogens with one attached hydrogen (secondary N) is 1. The van der Waals surface area contributed by atoms with E-state index in [2.05, 4.69) is 76.2 Å². The molecule has 0 saturated carbocycles. The third kappa shape index (κ3) is 2.78. The molecule has 2 atom stereocenters. The molecule has 4 nitrogen and oxygen atoms in total. The van der Waals surface area contributed by atoms with Crippen LogP contribution in [0.2, 0.25) is 0 Å². The van der Waals surface area contributed by atoms with Crippen molar-refractivity contribution in [2.75, 3.05) is 7.05 Å². The molecule has 0 bridgehead atoms. The minimum absolute atomic E-state index is 0.0221. The average Bonchev–Trinajstić information content (AvgIpc) is 3.23. The largest absolute Gasteiger partial charge is 0.352 e. The first-order chi connectivity index (χ1) is 12.6. The molecule has 1 aromatic carbocycles. The molecule has 1 aliphatic rings. The molecule has 1 N–H and O–H groups in total. The molecule has 2 unspecified atom stereocenters. The van der Waals surface area contributed by atoms with Gasteiger partial charge in [-0.25, -0.2) is 0 Å². The molecular weight excluding hydrogens is 340 g/mol. The summed E-state index contributed by atoms with van der Waals surface area (Å²) < 4.78 is 2.25. The Kier molecular flexibility index (Phi) is 4.24. The zero-order chi connectivity index (χ0) is 18.3. The molecule has 5 heteroatoms. The van der Waals surface area contributed by atoms with Gasteiger partial charge in [0.1, 0.15) is 0 Å². The number of pyridine rings is 1. The number of nitrogens with zero attached hydrogens (tertiary/aromatic N) is 3. The van der Waals surface area contributed by atoms with E-state index in [0.717, 1.165) is 10.8 Å². The number of likely N-dealkylation sites (N-methyl/N-ethyl adjacent to an activating group) is 1. The van der Waals surface area contributed by atoms with Gasteiger partial charge in [-0.1, -0.05) is 12.1 Å². The lowest BCUT2D eigenvalue weighted by molar-refractivity contribution is 0.357. The first-order valence-electron chi connectivity index (χ1n) is 8.75. The minimum atomic E-state index is 0.0221. The first kappa shape index (κ1) is 16.8. The fraction of sp³-hybridized carbons (Fsp3) is 0.238. The van der Waals surface area contributed by atoms with Crippen molar-refractivity contribution in [3.05, 3.63) is 83.4 Å². The molecule has 2 aromatic heterocycles. The summed E-state index contributed by atoms with van der Waals surface area (Å²) in [5.74, 6) is 0. The van der Waals surface area contributed by atoms with Crippen molar-refractivity contribution in [1.82, 2.24) is 19.8 Å². The van der Waals surface area contributed by atoms with Crippen molar-refractivity contribution < 1.29 is 0 Å². The van der Waals surface area contributed by atoms with Crippen molar-refractivity contribution >= 4 is 17.3 Å². The molecule has 26 heavy (non-hydrogen) atoms. The van der Waals surface area contributed by atoms with Crippen LogP contribution in [0.25, 0.3) is 5.69 Å². The summed E-state index contributed by atoms with van der Waals surface area (Å²) in [7, 11) is 2.04. The zero-order valence-corrected chi connectivity index (χ0v) is 16.0. The van der Waals surface area contributed by atoms with Crippen LogP contribution in [0.1, 0.15) is 34.6 Å². The summed E-state index contributed by atoms with van der Waals surface area (Å²) in [4.78, 5) is 6.69. The second-order valence-corrected chi connectivity index (χ2v) is 7.20. The van der Waals surface area contributed by atoms with Crippen molar-refractivity contribution in [3.8, 4) is 5.69 Å². The van der Waals surface area contributed by atoms with Gasteiger partial charge in [-0.3, -0.25) is 4.98 Å². The van der Waals surface area contributed by atoms with E-state index in [0.29, 0.717) is 0 Å². The monoisotopic (exact) mass is 362 g/mol. The molecule has 1 aliphatic heterocycles. The van der Waals surface area contributed by atoms with Gasteiger partial charge in [0.25, 0.3) is 0 Å². The SMILES string of the molecule is Cc1ccc(-n2cccc2C2C(c3ccccn3)NC(=S)N2C)cc1C. The number of hydrogen-bond acceptors (Lipinski definition) is 2. The molecule has 4 rings (SSSR count). The molecule has 0 spiro atoms. The topological polar surface area (TPSA) is 33.1 Å². The van der Waals surface area contributed by atoms with E-state index >= 15 is 0 Å². The highest BCUT2D eigenvalue weighted by molar-refractivity contribution is 7.80. The fourth-order valence-corrected chi connectivity index (χ4v) is 3.81. The van der Waals surface area contributed by atoms with Crippen molar-refractivity contribution in [3.63, 3.8) is 0 Å². The maximum Gasteiger partial charge on any atom is 0.169 e. The minimum Gasteiger partial charge on any atom is -0.352 e. The number of rotatable bonds is 3. The zero-order valence-electron chi connectivity index (χ0n) is 15.2. The maximum absolute atomic E-state index is 5.55. The van der Waals surface area contributed by atoms with Crippen LogP contribution >= 0.6 is 12.2 Å². The van der Waals surface area contributed by atoms with Crippen LogP contribution in [0, 0.1) is 13.8 Å². The standard InChI is InChI=1S/C21H22N4S/c1-14-9-10-16(13-15(14)2)25-12-6-8-18(25)20-19(23-21(26)24(20)3)17-7-4-5-11-22-17/h4-13,19-20H,1-3H3,(H,23,26). The quantitative estimate of drug-likeness (QED) is 0.712. The van der Waals surface area contributed by atoms with Crippen molar-refractivity contribution in [2.24, 2.45) is 0 Å². The average molecular weight is 363 g/mol. The van der Waals surface area contributed by atoms with E-state index in [1.807, 2.05) is 25.4 Å². The number of aryl methyl sites for hydroxylation is 2. The lowest BCUT2D eigenvalue weighted by Gasteiger charge is -2.26. The third-order valence-electron chi connectivity index (χ3n) is 5.19. The Morgan fingerprint density at radius 1 is 1.04 bits per heavy atom. The van der Waals surface area contributed by atoms with E-state index in [1.165, 1.54) is 22.5 Å². The molecular formula is C21H22N4S. The van der Waals surface area contributed by atoms with Crippen LogP contribution in [-0.2, 0) is 0 Å². The molecule has 0 radical (unpaired) electrons. The summed E-state index contributed by atoms with van der Waals surface area (Å²) in [6.07, 6.45) is 3.95. The van der Waals surface area contributed by atoms with Gasteiger partial charge in [0.15, 0.2) is 5.11 Å². The van der Waals surface area contributed by atoms with Crippen molar-refractivity contribution in [1.29, 1.82) is 0 Å². The Hall–Kier alpha value is -2.66. The highest BCUT2D eigenvalue weighted by Gasteiger charge is 2.39. The van der Waals surface area contributed by atoms with Crippen LogP contribution in [0.5, 0.6) is 0 Å². The van der Waals surface area contributed by atoms with Gasteiger partial charge in [0.05, 0.1) is 17.8 Å². The van der Waals surface area contributed by atoms with Crippen molar-refractivity contribution in [2.45, 2.75) is 25.9 Å². The highest BCUT2D eigenvalue weighted by Crippen LogP contribution is 2.38. The summed E-state index contributed by atoms with van der Waals surface area (Å²) in [6.45, 7) is 4.29. The fourth-order valence-electron chi connectivity index (χ4n) is 3.57. The van der Waals surface area contributed by atoms with Gasteiger partial charge >= 0.3 is 0 Å². The highest BCUT2D eigenvalue weighted by atomic mass is 32.1. The Labute approximate surface area is 159 Å². The van der Waals surface area contributed by atoms with E-state index in [-0.39, 0.29) is 12.1 Å². The normalized spacial score (nSPS) is 19.7. The molecule has 1 saturated heterocycles. The third-order valence-corrected chi connectivity index (χ3v) is 5.60. The first-order valence-corrected chi connectivity index (χ1v) is 9.16. The lowest BCUT2D eigenvalue weighted by atomic mass is 10.0. The van der Waals surface area contributed by atoms with Gasteiger partial charge in [-0.05, 0) is 73.6 Å². The number of benzene rings is 1. The molecule has 0 amide bonds. The van der Waals surface area contributed by atoms with E-state index in [1.54, 1.807) is 0 Å². The lowest BCUT2D eigenvalue weighted by Crippen LogP contribution is -2.25. The Balaban J connectivity index is 1.80. The Morgan fingerprint density at radius 2 is 1.88 bits per heavy atom. The van der Waals surface area contributed by atoms with Crippen LogP contribution in [0.4, 0.5) is 0 Å². The Bertz CT molecular complexity index is 948. The molecule has 3 aromatic rings. The predicted octanol–water partition coefficient (Wildman–Crippen LogP) is 4.09. The second-order valence-electron chi connectivity index (χ2n) is 6.81. The number of aromatic nitrogens is 2. The van der Waals surface area contributed by atoms with Crippen LogP contribution in [0.3, 0.4) is 0 Å². The summed E-state index contributed by atoms with van der Waals surface area (Å²) >= 11 is 5.55. The van der Waals surface area contributed by atoms with Gasteiger partial charge < -0.3 is 14.8 Å².